The Hall–Kier alpha value is -0.980. The quantitative estimate of drug-likeness (QED) is 0.822. The maximum absolute atomic E-state index is 11.8. The van der Waals surface area contributed by atoms with Crippen LogP contribution in [0, 0.1) is 6.92 Å². The van der Waals surface area contributed by atoms with Crippen molar-refractivity contribution >= 4 is 17.2 Å². The lowest BCUT2D eigenvalue weighted by atomic mass is 10.2. The summed E-state index contributed by atoms with van der Waals surface area (Å²) in [7, 11) is 1.97. The molecule has 1 aliphatic rings. The lowest BCUT2D eigenvalue weighted by Gasteiger charge is -2.17. The fourth-order valence-corrected chi connectivity index (χ4v) is 3.04. The smallest absolute Gasteiger partial charge is 0.234 e. The van der Waals surface area contributed by atoms with Crippen LogP contribution in [0.15, 0.2) is 5.51 Å². The molecule has 1 aliphatic heterocycles. The van der Waals surface area contributed by atoms with Gasteiger partial charge in [0, 0.05) is 24.6 Å². The molecule has 0 radical (unpaired) electrons. The summed E-state index contributed by atoms with van der Waals surface area (Å²) in [5.41, 5.74) is 2.98. The number of ether oxygens (including phenoxy) is 1. The Morgan fingerprint density at radius 2 is 2.50 bits per heavy atom. The van der Waals surface area contributed by atoms with Crippen molar-refractivity contribution in [3.05, 3.63) is 16.1 Å². The van der Waals surface area contributed by atoms with Gasteiger partial charge < -0.3 is 10.1 Å². The van der Waals surface area contributed by atoms with Gasteiger partial charge in [-0.3, -0.25) is 9.69 Å². The van der Waals surface area contributed by atoms with Crippen molar-refractivity contribution in [2.75, 3.05) is 33.3 Å². The zero-order valence-electron chi connectivity index (χ0n) is 12.2. The van der Waals surface area contributed by atoms with Gasteiger partial charge in [-0.1, -0.05) is 0 Å². The van der Waals surface area contributed by atoms with Crippen LogP contribution in [0.1, 0.15) is 23.4 Å². The number of carbonyl (C=O) groups excluding carboxylic acids is 1. The molecule has 1 fully saturated rings. The number of hydrogen-bond acceptors (Lipinski definition) is 5. The van der Waals surface area contributed by atoms with Crippen molar-refractivity contribution in [2.24, 2.45) is 0 Å². The number of nitrogens with one attached hydrogen (secondary N) is 1. The zero-order valence-corrected chi connectivity index (χ0v) is 13.0. The second kappa shape index (κ2) is 7.71. The van der Waals surface area contributed by atoms with Crippen LogP contribution in [0.5, 0.6) is 0 Å². The van der Waals surface area contributed by atoms with Crippen molar-refractivity contribution in [1.29, 1.82) is 0 Å². The van der Waals surface area contributed by atoms with Gasteiger partial charge in [0.15, 0.2) is 0 Å². The number of likely N-dealkylation sites (N-methyl/N-ethyl adjacent to an activating group) is 1. The summed E-state index contributed by atoms with van der Waals surface area (Å²) in [6.45, 7) is 4.80. The molecule has 20 heavy (non-hydrogen) atoms. The second-order valence-corrected chi connectivity index (χ2v) is 6.23. The topological polar surface area (TPSA) is 54.5 Å². The van der Waals surface area contributed by atoms with Gasteiger partial charge in [-0.2, -0.15) is 0 Å². The van der Waals surface area contributed by atoms with Crippen molar-refractivity contribution in [3.8, 4) is 0 Å². The molecule has 1 N–H and O–H groups in total. The third-order valence-electron chi connectivity index (χ3n) is 3.53. The van der Waals surface area contributed by atoms with Crippen molar-refractivity contribution < 1.29 is 9.53 Å². The number of amides is 1. The monoisotopic (exact) mass is 297 g/mol. The first-order chi connectivity index (χ1) is 9.65. The Balaban J connectivity index is 1.62. The summed E-state index contributed by atoms with van der Waals surface area (Å²) >= 11 is 1.68. The minimum Gasteiger partial charge on any atom is -0.376 e. The van der Waals surface area contributed by atoms with Gasteiger partial charge >= 0.3 is 0 Å². The molecule has 1 aromatic rings. The van der Waals surface area contributed by atoms with Gasteiger partial charge in [-0.15, -0.1) is 11.3 Å². The van der Waals surface area contributed by atoms with Crippen LogP contribution in [-0.4, -0.2) is 55.2 Å². The predicted molar refractivity (Wildman–Crippen MR) is 80.0 cm³/mol. The van der Waals surface area contributed by atoms with E-state index in [1.807, 2.05) is 24.4 Å². The van der Waals surface area contributed by atoms with Gasteiger partial charge in [0.25, 0.3) is 0 Å². The van der Waals surface area contributed by atoms with E-state index in [9.17, 15) is 4.79 Å². The highest BCUT2D eigenvalue weighted by atomic mass is 32.1. The third kappa shape index (κ3) is 4.85. The highest BCUT2D eigenvalue weighted by molar-refractivity contribution is 7.09. The predicted octanol–water partition coefficient (Wildman–Crippen LogP) is 1.22. The first-order valence-electron chi connectivity index (χ1n) is 7.11. The van der Waals surface area contributed by atoms with E-state index >= 15 is 0 Å². The summed E-state index contributed by atoms with van der Waals surface area (Å²) in [5.74, 6) is 0.0732. The normalized spacial score (nSPS) is 18.6. The van der Waals surface area contributed by atoms with Crippen LogP contribution in [0.25, 0.3) is 0 Å². The van der Waals surface area contributed by atoms with Crippen molar-refractivity contribution in [1.82, 2.24) is 15.2 Å². The van der Waals surface area contributed by atoms with E-state index in [1.165, 1.54) is 4.88 Å². The van der Waals surface area contributed by atoms with E-state index in [2.05, 4.69) is 10.3 Å². The van der Waals surface area contributed by atoms with E-state index in [1.54, 1.807) is 11.3 Å². The summed E-state index contributed by atoms with van der Waals surface area (Å²) in [5, 5.41) is 2.94. The molecule has 0 unspecified atom stereocenters. The van der Waals surface area contributed by atoms with Crippen molar-refractivity contribution in [2.45, 2.75) is 32.3 Å². The molecule has 1 atom stereocenters. The van der Waals surface area contributed by atoms with E-state index in [0.29, 0.717) is 13.1 Å². The molecule has 0 aromatic carbocycles. The van der Waals surface area contributed by atoms with Crippen molar-refractivity contribution in [3.63, 3.8) is 0 Å². The van der Waals surface area contributed by atoms with Gasteiger partial charge in [-0.25, -0.2) is 4.98 Å². The number of rotatable bonds is 7. The Kier molecular flexibility index (Phi) is 5.94. The highest BCUT2D eigenvalue weighted by Gasteiger charge is 2.16. The Bertz CT molecular complexity index is 430. The molecule has 2 heterocycles. The maximum atomic E-state index is 11.8. The van der Waals surface area contributed by atoms with Gasteiger partial charge in [-0.05, 0) is 33.2 Å². The molecule has 5 nitrogen and oxygen atoms in total. The molecule has 0 spiro atoms. The molecule has 2 rings (SSSR count). The van der Waals surface area contributed by atoms with E-state index in [0.717, 1.165) is 38.1 Å². The molecule has 0 bridgehead atoms. The first-order valence-corrected chi connectivity index (χ1v) is 7.99. The standard InChI is InChI=1S/C14H23N3O2S/c1-11-13(20-10-16-11)5-6-17(2)9-14(18)15-8-12-4-3-7-19-12/h10,12H,3-9H2,1-2H3,(H,15,18)/t12-/m1/s1. The van der Waals surface area contributed by atoms with Crippen LogP contribution < -0.4 is 5.32 Å². The highest BCUT2D eigenvalue weighted by Crippen LogP contribution is 2.13. The van der Waals surface area contributed by atoms with Crippen LogP contribution in [0.4, 0.5) is 0 Å². The molecule has 1 aromatic heterocycles. The number of aryl methyl sites for hydroxylation is 1. The number of carbonyl (C=O) groups is 1. The minimum absolute atomic E-state index is 0.0732. The molecule has 1 amide bonds. The van der Waals surface area contributed by atoms with Crippen LogP contribution in [0.3, 0.4) is 0 Å². The number of thiazole rings is 1. The molecule has 112 valence electrons. The Morgan fingerprint density at radius 3 is 3.15 bits per heavy atom. The molecule has 1 saturated heterocycles. The maximum Gasteiger partial charge on any atom is 0.234 e. The summed E-state index contributed by atoms with van der Waals surface area (Å²) in [4.78, 5) is 19.4. The summed E-state index contributed by atoms with van der Waals surface area (Å²) in [6.07, 6.45) is 3.32. The third-order valence-corrected chi connectivity index (χ3v) is 4.52. The summed E-state index contributed by atoms with van der Waals surface area (Å²) in [6, 6.07) is 0. The van der Waals surface area contributed by atoms with Crippen LogP contribution in [0.2, 0.25) is 0 Å². The molecular weight excluding hydrogens is 274 g/mol. The van der Waals surface area contributed by atoms with E-state index in [4.69, 9.17) is 4.74 Å². The molecular formula is C14H23N3O2S. The largest absolute Gasteiger partial charge is 0.376 e. The number of hydrogen-bond donors (Lipinski definition) is 1. The Labute approximate surface area is 124 Å². The lowest BCUT2D eigenvalue weighted by Crippen LogP contribution is -2.39. The van der Waals surface area contributed by atoms with Gasteiger partial charge in [0.05, 0.1) is 23.9 Å². The first kappa shape index (κ1) is 15.4. The minimum atomic E-state index is 0.0732. The Morgan fingerprint density at radius 1 is 1.65 bits per heavy atom. The number of nitrogens with zero attached hydrogens (tertiary/aromatic N) is 2. The zero-order chi connectivity index (χ0) is 14.4. The van der Waals surface area contributed by atoms with Crippen LogP contribution >= 0.6 is 11.3 Å². The fourth-order valence-electron chi connectivity index (χ4n) is 2.27. The number of aromatic nitrogens is 1. The molecule has 0 aliphatic carbocycles. The fraction of sp³-hybridized carbons (Fsp3) is 0.714. The molecule has 6 heteroatoms. The van der Waals surface area contributed by atoms with Crippen LogP contribution in [-0.2, 0) is 16.0 Å². The van der Waals surface area contributed by atoms with E-state index < -0.39 is 0 Å². The molecule has 0 saturated carbocycles. The average Bonchev–Trinajstić information content (AvgIpc) is 3.05. The summed E-state index contributed by atoms with van der Waals surface area (Å²) < 4.78 is 5.48. The second-order valence-electron chi connectivity index (χ2n) is 5.29. The average molecular weight is 297 g/mol. The van der Waals surface area contributed by atoms with Gasteiger partial charge in [0.1, 0.15) is 0 Å². The lowest BCUT2D eigenvalue weighted by molar-refractivity contribution is -0.122. The SMILES string of the molecule is Cc1ncsc1CCN(C)CC(=O)NC[C@H]1CCCO1. The van der Waals surface area contributed by atoms with Gasteiger partial charge in [0.2, 0.25) is 5.91 Å². The van der Waals surface area contributed by atoms with E-state index in [-0.39, 0.29) is 12.0 Å².